The summed E-state index contributed by atoms with van der Waals surface area (Å²) >= 11 is 1.50. The van der Waals surface area contributed by atoms with Crippen molar-refractivity contribution in [3.63, 3.8) is 0 Å². The first-order valence-electron chi connectivity index (χ1n) is 32.5. The Morgan fingerprint density at radius 1 is 0.593 bits per heavy atom. The first-order chi connectivity index (χ1) is 43.9. The van der Waals surface area contributed by atoms with E-state index in [9.17, 15) is 43.2 Å². The van der Waals surface area contributed by atoms with Crippen LogP contribution in [0, 0.1) is 17.8 Å². The van der Waals surface area contributed by atoms with Crippen molar-refractivity contribution in [1.82, 2.24) is 45.9 Å². The third kappa shape index (κ3) is 23.6. The molecule has 9 N–H and O–H groups in total. The molecule has 0 radical (unpaired) electrons. The molecule has 2 aliphatic carbocycles. The van der Waals surface area contributed by atoms with Gasteiger partial charge in [-0.2, -0.15) is 11.8 Å². The van der Waals surface area contributed by atoms with Gasteiger partial charge in [-0.1, -0.05) is 111 Å². The van der Waals surface area contributed by atoms with Crippen LogP contribution in [0.4, 0.5) is 0 Å². The lowest BCUT2D eigenvalue weighted by atomic mass is 10.0. The number of nitrogens with zero attached hydrogens (tertiary/aromatic N) is 4. The van der Waals surface area contributed by atoms with E-state index < -0.39 is 47.8 Å². The summed E-state index contributed by atoms with van der Waals surface area (Å²) in [5, 5.41) is 13.6. The van der Waals surface area contributed by atoms with Gasteiger partial charge in [-0.05, 0) is 129 Å². The lowest BCUT2D eigenvalue weighted by Gasteiger charge is -2.32. The number of fused-ring (bicyclic) bond motifs is 30. The molecule has 1 aromatic heterocycles. The molecule has 2 bridgehead atoms. The molecule has 0 saturated heterocycles. The molecule has 3 heterocycles. The van der Waals surface area contributed by atoms with Crippen molar-refractivity contribution in [2.45, 2.75) is 140 Å². The average Bonchev–Trinajstić information content (AvgIpc) is 2.26. The minimum atomic E-state index is -0.752. The minimum absolute atomic E-state index is 0.0226. The van der Waals surface area contributed by atoms with Gasteiger partial charge in [0.25, 0.3) is 5.91 Å². The third-order valence-electron chi connectivity index (χ3n) is 17.0. The standard InChI is InChI=1S/C70H93N11O9S/c1-48(2)20-29-66(86)79-39-56(17-11-12-31-71)74-63(83)45-81(69(89)36-52-23-24-52)42-59(37-55-38-73-61-19-10-9-18-60(55)61)76-65(85)46-80(68(88)35-51-21-22-51)41-58(34-50-15-7-4-8-16-50)77-70(90)54-27-25-53(26-28-54)47-91-32-30-67(87)78(43-62(72)82)40-57(75-64(84)44-79)33-49-13-5-3-6-14-49/h3-10,13-16,18-19,25-28,38,48,51-52,56-59,73H,11-12,17,20-24,29-37,39-47,71H2,1-2H3,(H2,72,82)(H,74,83)(H,75,84)(H,76,85)(H,77,90)/t56-,57-,58?,59-/m0/s1. The van der Waals surface area contributed by atoms with E-state index in [1.807, 2.05) is 117 Å². The van der Waals surface area contributed by atoms with Crippen molar-refractivity contribution >= 4 is 75.8 Å². The fraction of sp³-hybridized carbons (Fsp3) is 0.500. The van der Waals surface area contributed by atoms with E-state index in [-0.39, 0.29) is 138 Å². The Labute approximate surface area is 539 Å². The molecule has 2 saturated carbocycles. The number of nitrogens with one attached hydrogen (secondary N) is 5. The van der Waals surface area contributed by atoms with Crippen molar-refractivity contribution in [1.29, 1.82) is 0 Å². The molecule has 20 nitrogen and oxygen atoms in total. The summed E-state index contributed by atoms with van der Waals surface area (Å²) in [4.78, 5) is 138. The number of carbonyl (C=O) groups excluding carboxylic acids is 9. The Balaban J connectivity index is 1.14. The second-order valence-corrected chi connectivity index (χ2v) is 26.6. The Kier molecular flexibility index (Phi) is 26.5. The summed E-state index contributed by atoms with van der Waals surface area (Å²) < 4.78 is 0. The Hall–Kier alpha value is -8.04. The molecule has 1 unspecified atom stereocenters. The van der Waals surface area contributed by atoms with Crippen molar-refractivity contribution < 1.29 is 43.2 Å². The van der Waals surface area contributed by atoms with Crippen molar-refractivity contribution in [3.05, 3.63) is 143 Å². The van der Waals surface area contributed by atoms with E-state index in [0.717, 1.165) is 58.8 Å². The number of thioether (sulfide) groups is 1. The summed E-state index contributed by atoms with van der Waals surface area (Å²) in [6.07, 6.45) is 9.11. The van der Waals surface area contributed by atoms with Gasteiger partial charge in [0, 0.05) is 92.1 Å². The third-order valence-corrected chi connectivity index (χ3v) is 18.0. The molecular formula is C70H93N11O9S. The highest BCUT2D eigenvalue weighted by Crippen LogP contribution is 2.34. The quantitative estimate of drug-likeness (QED) is 0.0369. The van der Waals surface area contributed by atoms with Gasteiger partial charge in [0.1, 0.15) is 0 Å². The van der Waals surface area contributed by atoms with Gasteiger partial charge in [-0.15, -0.1) is 0 Å². The smallest absolute Gasteiger partial charge is 0.251 e. The zero-order chi connectivity index (χ0) is 64.7. The maximum absolute atomic E-state index is 14.9. The van der Waals surface area contributed by atoms with Gasteiger partial charge >= 0.3 is 0 Å². The van der Waals surface area contributed by atoms with Crippen LogP contribution in [0.5, 0.6) is 0 Å². The van der Waals surface area contributed by atoms with Crippen LogP contribution >= 0.6 is 11.8 Å². The highest BCUT2D eigenvalue weighted by atomic mass is 32.2. The second-order valence-electron chi connectivity index (χ2n) is 25.5. The molecule has 9 rings (SSSR count). The van der Waals surface area contributed by atoms with Gasteiger partial charge in [-0.25, -0.2) is 0 Å². The van der Waals surface area contributed by atoms with Crippen LogP contribution in [-0.2, 0) is 63.4 Å². The minimum Gasteiger partial charge on any atom is -0.368 e. The highest BCUT2D eigenvalue weighted by molar-refractivity contribution is 7.98. The number of carbonyl (C=O) groups is 9. The number of unbranched alkanes of at least 4 members (excludes halogenated alkanes) is 1. The number of hydrogen-bond donors (Lipinski definition) is 7. The number of hydrogen-bond acceptors (Lipinski definition) is 11. The molecule has 4 atom stereocenters. The van der Waals surface area contributed by atoms with Gasteiger partial charge in [0.2, 0.25) is 47.3 Å². The van der Waals surface area contributed by atoms with Gasteiger partial charge < -0.3 is 57.3 Å². The number of aromatic amines is 1. The molecule has 488 valence electrons. The highest BCUT2D eigenvalue weighted by Gasteiger charge is 2.34. The molecule has 0 spiro atoms. The van der Waals surface area contributed by atoms with E-state index in [1.165, 1.54) is 31.4 Å². The van der Waals surface area contributed by atoms with Crippen molar-refractivity contribution in [3.8, 4) is 0 Å². The summed E-state index contributed by atoms with van der Waals surface area (Å²) in [7, 11) is 0. The lowest BCUT2D eigenvalue weighted by molar-refractivity contribution is -0.139. The number of para-hydroxylation sites is 1. The number of rotatable bonds is 19. The number of nitrogens with two attached hydrogens (primary N) is 2. The molecule has 91 heavy (non-hydrogen) atoms. The summed E-state index contributed by atoms with van der Waals surface area (Å²) in [5.41, 5.74) is 16.6. The largest absolute Gasteiger partial charge is 0.368 e. The van der Waals surface area contributed by atoms with Gasteiger partial charge in [0.15, 0.2) is 0 Å². The fourth-order valence-electron chi connectivity index (χ4n) is 11.7. The maximum Gasteiger partial charge on any atom is 0.251 e. The van der Waals surface area contributed by atoms with Gasteiger partial charge in [-0.3, -0.25) is 43.2 Å². The average molecular weight is 1260 g/mol. The topological polar surface area (TPSA) is 283 Å². The predicted octanol–water partition coefficient (Wildman–Crippen LogP) is 6.05. The van der Waals surface area contributed by atoms with Crippen LogP contribution in [0.25, 0.3) is 10.9 Å². The van der Waals surface area contributed by atoms with Crippen LogP contribution in [0.3, 0.4) is 0 Å². The van der Waals surface area contributed by atoms with E-state index in [4.69, 9.17) is 11.5 Å². The number of primary amides is 1. The first kappa shape index (κ1) is 68.9. The molecule has 5 aromatic rings. The second kappa shape index (κ2) is 35.0. The summed E-state index contributed by atoms with van der Waals surface area (Å²) in [6.45, 7) is 2.78. The molecule has 9 amide bonds. The van der Waals surface area contributed by atoms with E-state index >= 15 is 0 Å². The van der Waals surface area contributed by atoms with Crippen LogP contribution < -0.4 is 32.7 Å². The molecule has 2 fully saturated rings. The Bertz CT molecular complexity index is 3230. The summed E-state index contributed by atoms with van der Waals surface area (Å²) in [6, 6.07) is 31.2. The molecular weight excluding hydrogens is 1170 g/mol. The monoisotopic (exact) mass is 1260 g/mol. The van der Waals surface area contributed by atoms with E-state index in [2.05, 4.69) is 26.3 Å². The number of benzene rings is 4. The van der Waals surface area contributed by atoms with Crippen LogP contribution in [0.15, 0.2) is 115 Å². The molecule has 21 heteroatoms. The Morgan fingerprint density at radius 3 is 1.66 bits per heavy atom. The van der Waals surface area contributed by atoms with E-state index in [1.54, 1.807) is 12.1 Å². The van der Waals surface area contributed by atoms with Crippen molar-refractivity contribution in [2.75, 3.05) is 64.7 Å². The number of H-pyrrole nitrogens is 1. The maximum atomic E-state index is 14.9. The lowest BCUT2D eigenvalue weighted by Crippen LogP contribution is -2.55. The molecule has 4 aliphatic rings. The number of aromatic nitrogens is 1. The molecule has 2 aliphatic heterocycles. The van der Waals surface area contributed by atoms with E-state index in [0.29, 0.717) is 55.7 Å². The fourth-order valence-corrected chi connectivity index (χ4v) is 12.6. The molecule has 4 aromatic carbocycles. The normalized spacial score (nSPS) is 20.3. The first-order valence-corrected chi connectivity index (χ1v) is 33.7. The Morgan fingerprint density at radius 2 is 1.11 bits per heavy atom. The summed E-state index contributed by atoms with van der Waals surface area (Å²) in [5.74, 6) is -2.26. The zero-order valence-corrected chi connectivity index (χ0v) is 53.7. The predicted molar refractivity (Wildman–Crippen MR) is 354 cm³/mol. The van der Waals surface area contributed by atoms with Crippen LogP contribution in [0.2, 0.25) is 0 Å². The van der Waals surface area contributed by atoms with Gasteiger partial charge in [0.05, 0.1) is 44.3 Å². The van der Waals surface area contributed by atoms with Crippen molar-refractivity contribution in [2.24, 2.45) is 29.2 Å². The zero-order valence-electron chi connectivity index (χ0n) is 52.9. The SMILES string of the molecule is CC(C)CCC(=O)N1CC(=O)N[C@@H](Cc2ccccc2)CN(CC(N)=O)C(=O)CCSCc2ccc(cc2)C(=O)NC(Cc2ccccc2)CN(C(=O)CC2CC2)CC(=O)N[C@@H](Cc2c[nH]c3ccccc23)CN(C(=O)CC2CC2)CC(=O)N[C@@H](CCCCN)C1. The number of amides is 9. The van der Waals surface area contributed by atoms with Crippen LogP contribution in [-0.4, -0.2) is 167 Å². The van der Waals surface area contributed by atoms with Crippen LogP contribution in [0.1, 0.15) is 124 Å².